The fourth-order valence-electron chi connectivity index (χ4n) is 2.33. The number of benzene rings is 1. The van der Waals surface area contributed by atoms with E-state index in [0.29, 0.717) is 0 Å². The average molecular weight is 326 g/mol. The molecule has 1 aromatic heterocycles. The summed E-state index contributed by atoms with van der Waals surface area (Å²) in [6, 6.07) is 5.97. The molecule has 108 valence electrons. The van der Waals surface area contributed by atoms with Gasteiger partial charge in [-0.25, -0.2) is 0 Å². The molecule has 2 N–H and O–H groups in total. The fraction of sp³-hybridized carbons (Fsp3) is 0.143. The molecule has 2 aromatic rings. The Morgan fingerprint density at radius 1 is 1.29 bits per heavy atom. The topological polar surface area (TPSA) is 79.5 Å². The van der Waals surface area contributed by atoms with Crippen LogP contribution in [0.2, 0.25) is 10.0 Å². The Bertz CT molecular complexity index is 742. The van der Waals surface area contributed by atoms with Crippen molar-refractivity contribution in [2.45, 2.75) is 12.0 Å². The first-order chi connectivity index (χ1) is 9.93. The van der Waals surface area contributed by atoms with Gasteiger partial charge >= 0.3 is 0 Å². The van der Waals surface area contributed by atoms with Gasteiger partial charge in [0.25, 0.3) is 5.91 Å². The fourth-order valence-corrected chi connectivity index (χ4v) is 2.85. The van der Waals surface area contributed by atoms with E-state index >= 15 is 0 Å². The molecule has 0 spiro atoms. The summed E-state index contributed by atoms with van der Waals surface area (Å²) in [5.74, 6) is -1.20. The third kappa shape index (κ3) is 2.14. The first kappa shape index (κ1) is 14.1. The van der Waals surface area contributed by atoms with E-state index in [1.54, 1.807) is 6.07 Å². The van der Waals surface area contributed by atoms with E-state index in [9.17, 15) is 14.7 Å². The number of furan rings is 1. The lowest BCUT2D eigenvalue weighted by Crippen LogP contribution is -2.36. The summed E-state index contributed by atoms with van der Waals surface area (Å²) < 4.78 is 4.98. The number of halogens is 2. The number of amides is 1. The summed E-state index contributed by atoms with van der Waals surface area (Å²) in [7, 11) is 0. The Hall–Kier alpha value is -1.82. The maximum Gasteiger partial charge on any atom is 0.261 e. The highest BCUT2D eigenvalue weighted by molar-refractivity contribution is 6.38. The SMILES string of the molecule is O=C(CC1(O)C(=O)Nc2c(Cl)ccc(Cl)c21)c1ccco1. The molecule has 1 atom stereocenters. The van der Waals surface area contributed by atoms with Gasteiger partial charge in [0.2, 0.25) is 5.78 Å². The smallest absolute Gasteiger partial charge is 0.261 e. The summed E-state index contributed by atoms with van der Waals surface area (Å²) in [5.41, 5.74) is -1.73. The van der Waals surface area contributed by atoms with Crippen molar-refractivity contribution in [3.63, 3.8) is 0 Å². The van der Waals surface area contributed by atoms with Gasteiger partial charge in [0, 0.05) is 10.6 Å². The van der Waals surface area contributed by atoms with Crippen LogP contribution in [0.4, 0.5) is 5.69 Å². The zero-order chi connectivity index (χ0) is 15.2. The van der Waals surface area contributed by atoms with Crippen LogP contribution >= 0.6 is 23.2 Å². The van der Waals surface area contributed by atoms with Crippen LogP contribution in [-0.2, 0) is 10.4 Å². The van der Waals surface area contributed by atoms with Gasteiger partial charge < -0.3 is 14.8 Å². The maximum atomic E-state index is 12.1. The van der Waals surface area contributed by atoms with E-state index in [0.717, 1.165) is 0 Å². The van der Waals surface area contributed by atoms with Crippen LogP contribution in [0.25, 0.3) is 0 Å². The number of fused-ring (bicyclic) bond motifs is 1. The van der Waals surface area contributed by atoms with E-state index in [4.69, 9.17) is 27.6 Å². The second kappa shape index (κ2) is 4.87. The summed E-state index contributed by atoms with van der Waals surface area (Å²) in [6.45, 7) is 0. The molecule has 0 aliphatic carbocycles. The quantitative estimate of drug-likeness (QED) is 0.850. The van der Waals surface area contributed by atoms with Crippen molar-refractivity contribution >= 4 is 40.6 Å². The number of ketones is 1. The van der Waals surface area contributed by atoms with E-state index in [1.165, 1.54) is 24.5 Å². The van der Waals surface area contributed by atoms with Gasteiger partial charge in [-0.3, -0.25) is 9.59 Å². The van der Waals surface area contributed by atoms with Crippen molar-refractivity contribution in [3.8, 4) is 0 Å². The van der Waals surface area contributed by atoms with Crippen LogP contribution < -0.4 is 5.32 Å². The molecule has 1 unspecified atom stereocenters. The van der Waals surface area contributed by atoms with E-state index in [1.807, 2.05) is 0 Å². The second-order valence-corrected chi connectivity index (χ2v) is 5.49. The Morgan fingerprint density at radius 2 is 2.00 bits per heavy atom. The molecule has 7 heteroatoms. The van der Waals surface area contributed by atoms with Crippen molar-refractivity contribution in [2.24, 2.45) is 0 Å². The molecule has 1 amide bonds. The lowest BCUT2D eigenvalue weighted by Gasteiger charge is -2.20. The molecule has 1 aromatic carbocycles. The minimum absolute atomic E-state index is 0.0582. The van der Waals surface area contributed by atoms with Crippen LogP contribution in [0.5, 0.6) is 0 Å². The normalized spacial score (nSPS) is 20.2. The van der Waals surface area contributed by atoms with E-state index in [-0.39, 0.29) is 27.1 Å². The van der Waals surface area contributed by atoms with Gasteiger partial charge in [-0.15, -0.1) is 0 Å². The predicted octanol–water partition coefficient (Wildman–Crippen LogP) is 3.00. The molecule has 21 heavy (non-hydrogen) atoms. The molecule has 0 saturated carbocycles. The van der Waals surface area contributed by atoms with Gasteiger partial charge in [0.1, 0.15) is 0 Å². The number of hydrogen-bond donors (Lipinski definition) is 2. The molecular formula is C14H9Cl2NO4. The van der Waals surface area contributed by atoms with Crippen LogP contribution in [0.1, 0.15) is 22.5 Å². The third-order valence-electron chi connectivity index (χ3n) is 3.34. The van der Waals surface area contributed by atoms with Crippen molar-refractivity contribution in [1.29, 1.82) is 0 Å². The monoisotopic (exact) mass is 325 g/mol. The molecule has 1 aliphatic heterocycles. The highest BCUT2D eigenvalue weighted by atomic mass is 35.5. The Kier molecular flexibility index (Phi) is 3.28. The van der Waals surface area contributed by atoms with Crippen molar-refractivity contribution in [3.05, 3.63) is 51.9 Å². The van der Waals surface area contributed by atoms with Crippen molar-refractivity contribution < 1.29 is 19.1 Å². The molecule has 3 rings (SSSR count). The molecule has 0 radical (unpaired) electrons. The number of Topliss-reactive ketones (excluding diaryl/α,β-unsaturated/α-hetero) is 1. The zero-order valence-electron chi connectivity index (χ0n) is 10.5. The average Bonchev–Trinajstić information content (AvgIpc) is 3.03. The Balaban J connectivity index is 2.05. The molecule has 0 bridgehead atoms. The lowest BCUT2D eigenvalue weighted by atomic mass is 9.89. The first-order valence-electron chi connectivity index (χ1n) is 6.02. The number of rotatable bonds is 3. The number of carbonyl (C=O) groups excluding carboxylic acids is 2. The number of carbonyl (C=O) groups is 2. The summed E-state index contributed by atoms with van der Waals surface area (Å²) >= 11 is 12.0. The molecule has 0 saturated heterocycles. The predicted molar refractivity (Wildman–Crippen MR) is 76.6 cm³/mol. The van der Waals surface area contributed by atoms with Crippen LogP contribution in [0.15, 0.2) is 34.9 Å². The summed E-state index contributed by atoms with van der Waals surface area (Å²) in [6.07, 6.45) is 0.850. The Morgan fingerprint density at radius 3 is 2.67 bits per heavy atom. The first-order valence-corrected chi connectivity index (χ1v) is 6.78. The molecule has 1 aliphatic rings. The van der Waals surface area contributed by atoms with E-state index < -0.39 is 23.7 Å². The molecular weight excluding hydrogens is 317 g/mol. The van der Waals surface area contributed by atoms with Crippen molar-refractivity contribution in [1.82, 2.24) is 0 Å². The van der Waals surface area contributed by atoms with Gasteiger partial charge in [0.15, 0.2) is 11.4 Å². The van der Waals surface area contributed by atoms with Crippen LogP contribution in [0, 0.1) is 0 Å². The minimum Gasteiger partial charge on any atom is -0.461 e. The largest absolute Gasteiger partial charge is 0.461 e. The molecule has 0 fully saturated rings. The highest BCUT2D eigenvalue weighted by Gasteiger charge is 2.49. The second-order valence-electron chi connectivity index (χ2n) is 4.67. The van der Waals surface area contributed by atoms with Crippen molar-refractivity contribution in [2.75, 3.05) is 5.32 Å². The molecule has 5 nitrogen and oxygen atoms in total. The Labute approximate surface area is 129 Å². The zero-order valence-corrected chi connectivity index (χ0v) is 12.0. The lowest BCUT2D eigenvalue weighted by molar-refractivity contribution is -0.133. The van der Waals surface area contributed by atoms with Gasteiger partial charge in [-0.05, 0) is 24.3 Å². The third-order valence-corrected chi connectivity index (χ3v) is 3.97. The number of hydrogen-bond acceptors (Lipinski definition) is 4. The highest BCUT2D eigenvalue weighted by Crippen LogP contribution is 2.46. The summed E-state index contributed by atoms with van der Waals surface area (Å²) in [5, 5.41) is 13.5. The number of aliphatic hydroxyl groups is 1. The van der Waals surface area contributed by atoms with Gasteiger partial charge in [-0.2, -0.15) is 0 Å². The number of anilines is 1. The summed E-state index contributed by atoms with van der Waals surface area (Å²) in [4.78, 5) is 24.2. The van der Waals surface area contributed by atoms with Gasteiger partial charge in [-0.1, -0.05) is 23.2 Å². The standard InChI is InChI=1S/C14H9Cl2NO4/c15-7-3-4-8(16)12-11(7)14(20,13(19)17-12)6-9(18)10-2-1-5-21-10/h1-5,20H,6H2,(H,17,19). The van der Waals surface area contributed by atoms with Crippen LogP contribution in [-0.4, -0.2) is 16.8 Å². The number of nitrogens with one attached hydrogen (secondary N) is 1. The van der Waals surface area contributed by atoms with E-state index in [2.05, 4.69) is 5.32 Å². The van der Waals surface area contributed by atoms with Crippen LogP contribution in [0.3, 0.4) is 0 Å². The maximum absolute atomic E-state index is 12.1. The minimum atomic E-state index is -2.07. The molecule has 2 heterocycles. The van der Waals surface area contributed by atoms with Gasteiger partial charge in [0.05, 0.1) is 23.4 Å².